The van der Waals surface area contributed by atoms with E-state index >= 15 is 0 Å². The van der Waals surface area contributed by atoms with Gasteiger partial charge in [0.15, 0.2) is 0 Å². The van der Waals surface area contributed by atoms with Gasteiger partial charge in [-0.1, -0.05) is 0 Å². The molecule has 0 unspecified atom stereocenters. The SMILES string of the molecule is CNCCC1CC(C23CC4CC(CC(C4)C2)C3)C1. The van der Waals surface area contributed by atoms with Crippen molar-refractivity contribution in [2.75, 3.05) is 13.6 Å². The van der Waals surface area contributed by atoms with Crippen LogP contribution in [-0.4, -0.2) is 13.6 Å². The van der Waals surface area contributed by atoms with Gasteiger partial charge in [0.2, 0.25) is 0 Å². The van der Waals surface area contributed by atoms with E-state index in [4.69, 9.17) is 0 Å². The van der Waals surface area contributed by atoms with E-state index in [0.717, 1.165) is 35.0 Å². The van der Waals surface area contributed by atoms with Crippen LogP contribution in [0, 0.1) is 35.0 Å². The summed E-state index contributed by atoms with van der Waals surface area (Å²) in [6.07, 6.45) is 14.3. The Morgan fingerprint density at radius 3 is 1.94 bits per heavy atom. The van der Waals surface area contributed by atoms with Crippen LogP contribution in [-0.2, 0) is 0 Å². The summed E-state index contributed by atoms with van der Waals surface area (Å²) in [6, 6.07) is 0. The van der Waals surface area contributed by atoms with Gasteiger partial charge in [0.05, 0.1) is 0 Å². The Bertz CT molecular complexity index is 280. The molecule has 0 amide bonds. The summed E-state index contributed by atoms with van der Waals surface area (Å²) in [5.74, 6) is 5.64. The summed E-state index contributed by atoms with van der Waals surface area (Å²) in [7, 11) is 2.09. The maximum Gasteiger partial charge on any atom is -0.00493 e. The first-order valence-electron chi connectivity index (χ1n) is 8.42. The highest BCUT2D eigenvalue weighted by atomic mass is 14.8. The van der Waals surface area contributed by atoms with Crippen LogP contribution in [0.25, 0.3) is 0 Å². The van der Waals surface area contributed by atoms with Crippen molar-refractivity contribution in [3.63, 3.8) is 0 Å². The van der Waals surface area contributed by atoms with Crippen LogP contribution in [0.3, 0.4) is 0 Å². The van der Waals surface area contributed by atoms with E-state index in [2.05, 4.69) is 12.4 Å². The van der Waals surface area contributed by atoms with E-state index in [0.29, 0.717) is 0 Å². The zero-order valence-electron chi connectivity index (χ0n) is 12.0. The molecule has 1 nitrogen and oxygen atoms in total. The van der Waals surface area contributed by atoms with Gasteiger partial charge in [0.1, 0.15) is 0 Å². The fraction of sp³-hybridized carbons (Fsp3) is 1.00. The molecule has 5 aliphatic rings. The lowest BCUT2D eigenvalue weighted by Gasteiger charge is -2.62. The van der Waals surface area contributed by atoms with Crippen LogP contribution in [0.15, 0.2) is 0 Å². The first-order chi connectivity index (χ1) is 8.77. The largest absolute Gasteiger partial charge is 0.320 e. The van der Waals surface area contributed by atoms with Crippen LogP contribution in [0.4, 0.5) is 0 Å². The molecule has 18 heavy (non-hydrogen) atoms. The van der Waals surface area contributed by atoms with Crippen LogP contribution >= 0.6 is 0 Å². The molecule has 0 aromatic carbocycles. The molecular formula is C17H29N. The fourth-order valence-electron chi connectivity index (χ4n) is 6.50. The van der Waals surface area contributed by atoms with Gasteiger partial charge in [-0.3, -0.25) is 0 Å². The predicted molar refractivity (Wildman–Crippen MR) is 75.4 cm³/mol. The van der Waals surface area contributed by atoms with E-state index in [-0.39, 0.29) is 0 Å². The predicted octanol–water partition coefficient (Wildman–Crippen LogP) is 3.84. The number of hydrogen-bond acceptors (Lipinski definition) is 1. The van der Waals surface area contributed by atoms with Crippen LogP contribution in [0.1, 0.15) is 57.8 Å². The molecule has 4 bridgehead atoms. The summed E-state index contributed by atoms with van der Waals surface area (Å²) < 4.78 is 0. The Kier molecular flexibility index (Phi) is 2.76. The van der Waals surface area contributed by atoms with Crippen molar-refractivity contribution in [2.24, 2.45) is 35.0 Å². The first-order valence-corrected chi connectivity index (χ1v) is 8.42. The third-order valence-corrected chi connectivity index (χ3v) is 6.99. The van der Waals surface area contributed by atoms with Gasteiger partial charge in [-0.2, -0.15) is 0 Å². The Balaban J connectivity index is 1.40. The molecule has 0 spiro atoms. The average Bonchev–Trinajstić information content (AvgIpc) is 2.24. The molecule has 5 saturated carbocycles. The van der Waals surface area contributed by atoms with Crippen LogP contribution in [0.5, 0.6) is 0 Å². The smallest absolute Gasteiger partial charge is 0.00493 e. The second-order valence-corrected chi connectivity index (χ2v) is 8.21. The molecule has 5 aliphatic carbocycles. The van der Waals surface area contributed by atoms with Crippen LogP contribution in [0.2, 0.25) is 0 Å². The zero-order chi connectivity index (χ0) is 12.2. The molecule has 1 N–H and O–H groups in total. The van der Waals surface area contributed by atoms with Gasteiger partial charge in [-0.05, 0) is 106 Å². The quantitative estimate of drug-likeness (QED) is 0.796. The molecule has 5 fully saturated rings. The maximum absolute atomic E-state index is 3.32. The summed E-state index contributed by atoms with van der Waals surface area (Å²) in [4.78, 5) is 0. The second-order valence-electron chi connectivity index (χ2n) is 8.21. The third-order valence-electron chi connectivity index (χ3n) is 6.99. The highest BCUT2D eigenvalue weighted by Crippen LogP contribution is 2.66. The summed E-state index contributed by atoms with van der Waals surface area (Å²) >= 11 is 0. The van der Waals surface area contributed by atoms with E-state index in [1.807, 2.05) is 0 Å². The van der Waals surface area contributed by atoms with E-state index in [9.17, 15) is 0 Å². The van der Waals surface area contributed by atoms with Crippen molar-refractivity contribution < 1.29 is 0 Å². The molecule has 0 aromatic heterocycles. The topological polar surface area (TPSA) is 12.0 Å². The van der Waals surface area contributed by atoms with Crippen molar-refractivity contribution in [3.05, 3.63) is 0 Å². The van der Waals surface area contributed by atoms with Crippen molar-refractivity contribution in [1.82, 2.24) is 5.32 Å². The Morgan fingerprint density at radius 1 is 0.889 bits per heavy atom. The zero-order valence-corrected chi connectivity index (χ0v) is 12.0. The Hall–Kier alpha value is -0.0400. The average molecular weight is 247 g/mol. The molecular weight excluding hydrogens is 218 g/mol. The normalized spacial score (nSPS) is 53.5. The molecule has 0 aromatic rings. The number of rotatable bonds is 4. The van der Waals surface area contributed by atoms with Gasteiger partial charge >= 0.3 is 0 Å². The lowest BCUT2D eigenvalue weighted by molar-refractivity contribution is -0.119. The molecule has 1 heteroatoms. The summed E-state index contributed by atoms with van der Waals surface area (Å²) in [6.45, 7) is 1.23. The highest BCUT2D eigenvalue weighted by Gasteiger charge is 2.56. The highest BCUT2D eigenvalue weighted by molar-refractivity contribution is 5.06. The Labute approximate surface area is 112 Å². The first kappa shape index (κ1) is 11.8. The molecule has 0 saturated heterocycles. The van der Waals surface area contributed by atoms with Crippen molar-refractivity contribution in [1.29, 1.82) is 0 Å². The third kappa shape index (κ3) is 1.77. The summed E-state index contributed by atoms with van der Waals surface area (Å²) in [5, 5.41) is 3.32. The number of hydrogen-bond donors (Lipinski definition) is 1. The van der Waals surface area contributed by atoms with Crippen LogP contribution < -0.4 is 5.32 Å². The van der Waals surface area contributed by atoms with Gasteiger partial charge in [-0.25, -0.2) is 0 Å². The standard InChI is InChI=1S/C17H29N/c1-18-3-2-12-7-16(8-12)17-9-13-4-14(10-17)6-15(5-13)11-17/h12-16,18H,2-11H2,1H3. The Morgan fingerprint density at radius 2 is 1.44 bits per heavy atom. The minimum Gasteiger partial charge on any atom is -0.320 e. The molecule has 0 radical (unpaired) electrons. The van der Waals surface area contributed by atoms with Crippen molar-refractivity contribution >= 4 is 0 Å². The minimum absolute atomic E-state index is 0.852. The van der Waals surface area contributed by atoms with Gasteiger partial charge in [-0.15, -0.1) is 0 Å². The molecule has 0 aliphatic heterocycles. The van der Waals surface area contributed by atoms with E-state index < -0.39 is 0 Å². The maximum atomic E-state index is 3.32. The molecule has 0 atom stereocenters. The van der Waals surface area contributed by atoms with Gasteiger partial charge < -0.3 is 5.32 Å². The second kappa shape index (κ2) is 4.23. The monoisotopic (exact) mass is 247 g/mol. The van der Waals surface area contributed by atoms with E-state index in [1.54, 1.807) is 51.4 Å². The lowest BCUT2D eigenvalue weighted by Crippen LogP contribution is -2.52. The van der Waals surface area contributed by atoms with E-state index in [1.165, 1.54) is 13.0 Å². The summed E-state index contributed by atoms with van der Waals surface area (Å²) in [5.41, 5.74) is 0.852. The van der Waals surface area contributed by atoms with Crippen molar-refractivity contribution in [3.8, 4) is 0 Å². The molecule has 0 heterocycles. The lowest BCUT2D eigenvalue weighted by atomic mass is 9.43. The minimum atomic E-state index is 0.852. The van der Waals surface area contributed by atoms with Gasteiger partial charge in [0, 0.05) is 0 Å². The molecule has 102 valence electrons. The molecule has 5 rings (SSSR count). The number of nitrogens with one attached hydrogen (secondary N) is 1. The van der Waals surface area contributed by atoms with Gasteiger partial charge in [0.25, 0.3) is 0 Å². The fourth-order valence-corrected chi connectivity index (χ4v) is 6.50. The van der Waals surface area contributed by atoms with Crippen molar-refractivity contribution in [2.45, 2.75) is 57.8 Å².